The average molecular weight is 254 g/mol. The van der Waals surface area contributed by atoms with Crippen LogP contribution in [0.4, 0.5) is 18.0 Å². The second-order valence-electron chi connectivity index (χ2n) is 5.13. The molecule has 0 aromatic rings. The van der Waals surface area contributed by atoms with E-state index in [0.29, 0.717) is 0 Å². The van der Waals surface area contributed by atoms with E-state index < -0.39 is 18.9 Å². The summed E-state index contributed by atoms with van der Waals surface area (Å²) in [6.45, 7) is 4.66. The number of ether oxygens (including phenoxy) is 1. The van der Waals surface area contributed by atoms with Crippen LogP contribution in [0.15, 0.2) is 0 Å². The van der Waals surface area contributed by atoms with Gasteiger partial charge in [-0.05, 0) is 20.8 Å². The first-order chi connectivity index (χ1) is 7.57. The lowest BCUT2D eigenvalue weighted by Gasteiger charge is -2.40. The first kappa shape index (κ1) is 14.1. The summed E-state index contributed by atoms with van der Waals surface area (Å²) in [5, 5.41) is 2.72. The molecule has 0 spiro atoms. The predicted octanol–water partition coefficient (Wildman–Crippen LogP) is 1.76. The molecule has 0 aromatic heterocycles. The Hall–Kier alpha value is -0.980. The number of rotatable bonds is 2. The smallest absolute Gasteiger partial charge is 0.365 e. The molecule has 1 heterocycles. The van der Waals surface area contributed by atoms with Crippen LogP contribution in [0.25, 0.3) is 0 Å². The van der Waals surface area contributed by atoms with Gasteiger partial charge in [-0.15, -0.1) is 0 Å². The van der Waals surface area contributed by atoms with Gasteiger partial charge in [-0.1, -0.05) is 0 Å². The molecule has 0 aliphatic carbocycles. The van der Waals surface area contributed by atoms with Crippen LogP contribution in [0.1, 0.15) is 20.8 Å². The van der Waals surface area contributed by atoms with Gasteiger partial charge >= 0.3 is 12.2 Å². The number of nitrogens with one attached hydrogen (secondary N) is 1. The third-order valence-corrected chi connectivity index (χ3v) is 2.10. The zero-order valence-electron chi connectivity index (χ0n) is 10.1. The van der Waals surface area contributed by atoms with Crippen molar-refractivity contribution < 1.29 is 22.7 Å². The van der Waals surface area contributed by atoms with Crippen LogP contribution in [-0.4, -0.2) is 48.4 Å². The topological polar surface area (TPSA) is 41.6 Å². The van der Waals surface area contributed by atoms with E-state index in [1.807, 2.05) is 20.8 Å². The number of likely N-dealkylation sites (tertiary alicyclic amines) is 1. The summed E-state index contributed by atoms with van der Waals surface area (Å²) in [6, 6.07) is -0.274. The van der Waals surface area contributed by atoms with Crippen molar-refractivity contribution in [2.45, 2.75) is 38.6 Å². The second-order valence-corrected chi connectivity index (χ2v) is 5.13. The van der Waals surface area contributed by atoms with Gasteiger partial charge in [0, 0.05) is 5.54 Å². The van der Waals surface area contributed by atoms with Crippen LogP contribution in [0.5, 0.6) is 0 Å². The van der Waals surface area contributed by atoms with Crippen molar-refractivity contribution >= 4 is 6.03 Å². The summed E-state index contributed by atoms with van der Waals surface area (Å²) >= 11 is 0. The molecule has 1 N–H and O–H groups in total. The summed E-state index contributed by atoms with van der Waals surface area (Å²) in [4.78, 5) is 12.9. The van der Waals surface area contributed by atoms with Gasteiger partial charge < -0.3 is 15.0 Å². The zero-order valence-corrected chi connectivity index (χ0v) is 10.1. The number of carbonyl (C=O) groups is 1. The van der Waals surface area contributed by atoms with E-state index in [1.54, 1.807) is 0 Å². The molecule has 2 amide bonds. The molecule has 0 aromatic carbocycles. The minimum Gasteiger partial charge on any atom is -0.365 e. The highest BCUT2D eigenvalue weighted by molar-refractivity contribution is 5.75. The Morgan fingerprint density at radius 2 is 1.88 bits per heavy atom. The fourth-order valence-corrected chi connectivity index (χ4v) is 1.32. The zero-order chi connectivity index (χ0) is 13.3. The molecule has 0 radical (unpaired) electrons. The van der Waals surface area contributed by atoms with Gasteiger partial charge in [-0.3, -0.25) is 0 Å². The lowest BCUT2D eigenvalue weighted by atomic mass is 10.1. The monoisotopic (exact) mass is 254 g/mol. The fourth-order valence-electron chi connectivity index (χ4n) is 1.32. The Morgan fingerprint density at radius 3 is 2.29 bits per heavy atom. The average Bonchev–Trinajstić information content (AvgIpc) is 1.94. The van der Waals surface area contributed by atoms with E-state index in [2.05, 4.69) is 10.1 Å². The van der Waals surface area contributed by atoms with E-state index in [1.165, 1.54) is 4.90 Å². The molecule has 1 aliphatic rings. The van der Waals surface area contributed by atoms with E-state index in [4.69, 9.17) is 0 Å². The number of hydrogen-bond acceptors (Lipinski definition) is 2. The van der Waals surface area contributed by atoms with Crippen LogP contribution in [0.2, 0.25) is 0 Å². The number of urea groups is 1. The number of nitrogens with zero attached hydrogens (tertiary/aromatic N) is 1. The Balaban J connectivity index is 2.21. The molecule has 100 valence electrons. The van der Waals surface area contributed by atoms with Crippen molar-refractivity contribution in [3.8, 4) is 0 Å². The predicted molar refractivity (Wildman–Crippen MR) is 55.7 cm³/mol. The summed E-state index contributed by atoms with van der Waals surface area (Å²) in [5.74, 6) is 0. The van der Waals surface area contributed by atoms with Gasteiger partial charge in [0.15, 0.2) is 0 Å². The maximum atomic E-state index is 11.8. The van der Waals surface area contributed by atoms with Crippen molar-refractivity contribution in [3.05, 3.63) is 0 Å². The van der Waals surface area contributed by atoms with E-state index in [0.717, 1.165) is 0 Å². The number of hydrogen-bond donors (Lipinski definition) is 1. The Kier molecular flexibility index (Phi) is 3.91. The molecule has 4 nitrogen and oxygen atoms in total. The Labute approximate surface area is 98.1 Å². The summed E-state index contributed by atoms with van der Waals surface area (Å²) in [5.41, 5.74) is -0.352. The number of amides is 2. The molecular formula is C10H17F3N2O2. The lowest BCUT2D eigenvalue weighted by molar-refractivity contribution is -0.195. The molecule has 1 aliphatic heterocycles. The standard InChI is InChI=1S/C10H17F3N2O2/c1-9(2,3)14-8(16)15-4-7(5-15)17-6-10(11,12)13/h7H,4-6H2,1-3H3,(H,14,16). The highest BCUT2D eigenvalue weighted by atomic mass is 19.4. The van der Waals surface area contributed by atoms with E-state index in [9.17, 15) is 18.0 Å². The summed E-state index contributed by atoms with van der Waals surface area (Å²) < 4.78 is 40.1. The molecule has 1 fully saturated rings. The van der Waals surface area contributed by atoms with Gasteiger partial charge in [0.25, 0.3) is 0 Å². The Bertz CT molecular complexity index is 280. The van der Waals surface area contributed by atoms with Crippen molar-refractivity contribution in [1.29, 1.82) is 0 Å². The number of halogens is 3. The molecule has 1 rings (SSSR count). The van der Waals surface area contributed by atoms with Crippen LogP contribution < -0.4 is 5.32 Å². The molecule has 0 unspecified atom stereocenters. The maximum absolute atomic E-state index is 11.8. The first-order valence-electron chi connectivity index (χ1n) is 5.32. The molecule has 0 atom stereocenters. The highest BCUT2D eigenvalue weighted by Gasteiger charge is 2.36. The normalized spacial score (nSPS) is 17.9. The molecule has 0 bridgehead atoms. The number of alkyl halides is 3. The molecule has 1 saturated heterocycles. The second kappa shape index (κ2) is 4.72. The quantitative estimate of drug-likeness (QED) is 0.815. The van der Waals surface area contributed by atoms with Crippen LogP contribution in [0.3, 0.4) is 0 Å². The van der Waals surface area contributed by atoms with Crippen LogP contribution in [-0.2, 0) is 4.74 Å². The first-order valence-corrected chi connectivity index (χ1v) is 5.32. The van der Waals surface area contributed by atoms with Gasteiger partial charge in [0.1, 0.15) is 6.61 Å². The van der Waals surface area contributed by atoms with Crippen molar-refractivity contribution in [3.63, 3.8) is 0 Å². The van der Waals surface area contributed by atoms with E-state index >= 15 is 0 Å². The van der Waals surface area contributed by atoms with Crippen molar-refractivity contribution in [1.82, 2.24) is 10.2 Å². The van der Waals surface area contributed by atoms with Gasteiger partial charge in [0.2, 0.25) is 0 Å². The molecule has 7 heteroatoms. The van der Waals surface area contributed by atoms with Crippen molar-refractivity contribution in [2.24, 2.45) is 0 Å². The minimum atomic E-state index is -4.31. The molecule has 0 saturated carbocycles. The minimum absolute atomic E-state index is 0.206. The third-order valence-electron chi connectivity index (χ3n) is 2.10. The molecular weight excluding hydrogens is 237 g/mol. The van der Waals surface area contributed by atoms with Gasteiger partial charge in [-0.2, -0.15) is 13.2 Å². The largest absolute Gasteiger partial charge is 0.411 e. The lowest BCUT2D eigenvalue weighted by Crippen LogP contribution is -2.60. The number of carbonyl (C=O) groups excluding carboxylic acids is 1. The summed E-state index contributed by atoms with van der Waals surface area (Å²) in [6.07, 6.45) is -4.82. The maximum Gasteiger partial charge on any atom is 0.411 e. The third kappa shape index (κ3) is 5.25. The SMILES string of the molecule is CC(C)(C)NC(=O)N1CC(OCC(F)(F)F)C1. The van der Waals surface area contributed by atoms with Crippen LogP contribution in [0, 0.1) is 0 Å². The fraction of sp³-hybridized carbons (Fsp3) is 0.900. The Morgan fingerprint density at radius 1 is 1.35 bits per heavy atom. The van der Waals surface area contributed by atoms with Crippen LogP contribution >= 0.6 is 0 Å². The van der Waals surface area contributed by atoms with Gasteiger partial charge in [-0.25, -0.2) is 4.79 Å². The molecule has 17 heavy (non-hydrogen) atoms. The highest BCUT2D eigenvalue weighted by Crippen LogP contribution is 2.19. The summed E-state index contributed by atoms with van der Waals surface area (Å²) in [7, 11) is 0. The van der Waals surface area contributed by atoms with E-state index in [-0.39, 0.29) is 24.7 Å². The van der Waals surface area contributed by atoms with Crippen molar-refractivity contribution in [2.75, 3.05) is 19.7 Å². The van der Waals surface area contributed by atoms with Gasteiger partial charge in [0.05, 0.1) is 19.2 Å².